The Hall–Kier alpha value is -1.09. The van der Waals surface area contributed by atoms with Crippen molar-refractivity contribution in [3.8, 4) is 0 Å². The Morgan fingerprint density at radius 2 is 1.80 bits per heavy atom. The standard InChI is InChI=1S/C22H37N3/c1-17-6-7-21(15-23-17)25-13-8-19(14-18(25)2)16-24-11-9-20(10-12-24)22(3,4)5/h6-7,15,18-20H,8-14,16H2,1-5H3. The molecule has 0 radical (unpaired) electrons. The number of anilines is 1. The van der Waals surface area contributed by atoms with E-state index in [4.69, 9.17) is 0 Å². The van der Waals surface area contributed by atoms with Crippen molar-refractivity contribution in [3.63, 3.8) is 0 Å². The maximum absolute atomic E-state index is 4.48. The SMILES string of the molecule is Cc1ccc(N2CCC(CN3CCC(C(C)(C)C)CC3)CC2C)cn1. The van der Waals surface area contributed by atoms with Gasteiger partial charge >= 0.3 is 0 Å². The molecule has 1 aromatic heterocycles. The highest BCUT2D eigenvalue weighted by Gasteiger charge is 2.31. The van der Waals surface area contributed by atoms with E-state index in [0.29, 0.717) is 11.5 Å². The van der Waals surface area contributed by atoms with E-state index in [2.05, 4.69) is 61.5 Å². The van der Waals surface area contributed by atoms with Crippen LogP contribution < -0.4 is 4.90 Å². The molecule has 3 heteroatoms. The highest BCUT2D eigenvalue weighted by Crippen LogP contribution is 2.35. The largest absolute Gasteiger partial charge is 0.368 e. The number of nitrogens with zero attached hydrogens (tertiary/aromatic N) is 3. The van der Waals surface area contributed by atoms with Gasteiger partial charge in [-0.25, -0.2) is 0 Å². The Balaban J connectivity index is 1.48. The van der Waals surface area contributed by atoms with Crippen LogP contribution in [0.4, 0.5) is 5.69 Å². The summed E-state index contributed by atoms with van der Waals surface area (Å²) in [5.41, 5.74) is 2.88. The maximum atomic E-state index is 4.48. The molecule has 0 aromatic carbocycles. The molecule has 0 amide bonds. The average Bonchev–Trinajstić information content (AvgIpc) is 2.56. The number of aromatic nitrogens is 1. The summed E-state index contributed by atoms with van der Waals surface area (Å²) in [5.74, 6) is 1.76. The summed E-state index contributed by atoms with van der Waals surface area (Å²) in [6.45, 7) is 16.8. The number of likely N-dealkylation sites (tertiary alicyclic amines) is 1. The van der Waals surface area contributed by atoms with Crippen LogP contribution in [-0.2, 0) is 0 Å². The van der Waals surface area contributed by atoms with Crippen LogP contribution in [-0.4, -0.2) is 42.1 Å². The van der Waals surface area contributed by atoms with Gasteiger partial charge in [0.15, 0.2) is 0 Å². The van der Waals surface area contributed by atoms with Gasteiger partial charge < -0.3 is 9.80 Å². The summed E-state index contributed by atoms with van der Waals surface area (Å²) in [7, 11) is 0. The van der Waals surface area contributed by atoms with Gasteiger partial charge in [0.2, 0.25) is 0 Å². The lowest BCUT2D eigenvalue weighted by Gasteiger charge is -2.43. The van der Waals surface area contributed by atoms with Gasteiger partial charge in [0, 0.05) is 24.8 Å². The van der Waals surface area contributed by atoms with Crippen molar-refractivity contribution in [3.05, 3.63) is 24.0 Å². The summed E-state index contributed by atoms with van der Waals surface area (Å²) in [6.07, 6.45) is 7.44. The lowest BCUT2D eigenvalue weighted by molar-refractivity contribution is 0.0951. The molecular weight excluding hydrogens is 306 g/mol. The van der Waals surface area contributed by atoms with E-state index in [1.165, 1.54) is 57.5 Å². The fraction of sp³-hybridized carbons (Fsp3) is 0.773. The van der Waals surface area contributed by atoms with Crippen LogP contribution in [0.15, 0.2) is 18.3 Å². The number of aryl methyl sites for hydroxylation is 1. The van der Waals surface area contributed by atoms with Crippen molar-refractivity contribution >= 4 is 5.69 Å². The van der Waals surface area contributed by atoms with E-state index < -0.39 is 0 Å². The first-order chi connectivity index (χ1) is 11.8. The summed E-state index contributed by atoms with van der Waals surface area (Å²) >= 11 is 0. The minimum Gasteiger partial charge on any atom is -0.368 e. The van der Waals surface area contributed by atoms with E-state index in [9.17, 15) is 0 Å². The quantitative estimate of drug-likeness (QED) is 0.789. The first kappa shape index (κ1) is 18.7. The van der Waals surface area contributed by atoms with Crippen LogP contribution in [0.1, 0.15) is 59.1 Å². The van der Waals surface area contributed by atoms with Gasteiger partial charge in [-0.1, -0.05) is 20.8 Å². The Morgan fingerprint density at radius 1 is 1.08 bits per heavy atom. The molecule has 2 unspecified atom stereocenters. The molecule has 140 valence electrons. The molecule has 2 atom stereocenters. The van der Waals surface area contributed by atoms with Crippen molar-refractivity contribution in [1.29, 1.82) is 0 Å². The molecule has 2 aliphatic rings. The van der Waals surface area contributed by atoms with Crippen molar-refractivity contribution < 1.29 is 0 Å². The molecule has 3 rings (SSSR count). The minimum atomic E-state index is 0.480. The second-order valence-electron chi connectivity index (χ2n) is 9.53. The van der Waals surface area contributed by atoms with Crippen molar-refractivity contribution in [2.45, 2.75) is 66.3 Å². The van der Waals surface area contributed by atoms with Gasteiger partial charge in [0.25, 0.3) is 0 Å². The summed E-state index contributed by atoms with van der Waals surface area (Å²) < 4.78 is 0. The van der Waals surface area contributed by atoms with Gasteiger partial charge in [-0.2, -0.15) is 0 Å². The fourth-order valence-corrected chi connectivity index (χ4v) is 4.80. The Morgan fingerprint density at radius 3 is 2.36 bits per heavy atom. The minimum absolute atomic E-state index is 0.480. The molecule has 3 nitrogen and oxygen atoms in total. The molecule has 2 saturated heterocycles. The third-order valence-electron chi connectivity index (χ3n) is 6.54. The number of rotatable bonds is 3. The Bertz CT molecular complexity index is 537. The van der Waals surface area contributed by atoms with Crippen molar-refractivity contribution in [2.75, 3.05) is 31.1 Å². The van der Waals surface area contributed by atoms with Crippen LogP contribution in [0.3, 0.4) is 0 Å². The highest BCUT2D eigenvalue weighted by atomic mass is 15.2. The van der Waals surface area contributed by atoms with Gasteiger partial charge in [-0.05, 0) is 82.0 Å². The van der Waals surface area contributed by atoms with E-state index in [0.717, 1.165) is 17.5 Å². The van der Waals surface area contributed by atoms with Crippen LogP contribution >= 0.6 is 0 Å². The molecule has 1 aromatic rings. The van der Waals surface area contributed by atoms with E-state index in [1.54, 1.807) is 0 Å². The monoisotopic (exact) mass is 343 g/mol. The molecule has 2 aliphatic heterocycles. The predicted molar refractivity (Wildman–Crippen MR) is 107 cm³/mol. The number of pyridine rings is 1. The topological polar surface area (TPSA) is 19.4 Å². The van der Waals surface area contributed by atoms with Crippen LogP contribution in [0, 0.1) is 24.2 Å². The number of hydrogen-bond acceptors (Lipinski definition) is 3. The summed E-state index contributed by atoms with van der Waals surface area (Å²) in [6, 6.07) is 4.99. The predicted octanol–water partition coefficient (Wildman–Crippen LogP) is 4.75. The van der Waals surface area contributed by atoms with Crippen LogP contribution in [0.2, 0.25) is 0 Å². The molecule has 0 aliphatic carbocycles. The zero-order chi connectivity index (χ0) is 18.0. The maximum Gasteiger partial charge on any atom is 0.0555 e. The first-order valence-electron chi connectivity index (χ1n) is 10.2. The lowest BCUT2D eigenvalue weighted by atomic mass is 9.75. The van der Waals surface area contributed by atoms with Crippen LogP contribution in [0.25, 0.3) is 0 Å². The normalized spacial score (nSPS) is 26.8. The molecule has 25 heavy (non-hydrogen) atoms. The van der Waals surface area contributed by atoms with Gasteiger partial charge in [-0.3, -0.25) is 4.98 Å². The van der Waals surface area contributed by atoms with Crippen molar-refractivity contribution in [1.82, 2.24) is 9.88 Å². The Kier molecular flexibility index (Phi) is 5.72. The third-order valence-corrected chi connectivity index (χ3v) is 6.54. The molecule has 0 spiro atoms. The van der Waals surface area contributed by atoms with Gasteiger partial charge in [0.1, 0.15) is 0 Å². The lowest BCUT2D eigenvalue weighted by Crippen LogP contribution is -2.46. The third kappa shape index (κ3) is 4.75. The summed E-state index contributed by atoms with van der Waals surface area (Å²) in [5, 5.41) is 0. The van der Waals surface area contributed by atoms with E-state index in [1.807, 2.05) is 6.20 Å². The molecule has 3 heterocycles. The zero-order valence-corrected chi connectivity index (χ0v) is 17.0. The second-order valence-corrected chi connectivity index (χ2v) is 9.53. The molecular formula is C22H37N3. The summed E-state index contributed by atoms with van der Waals surface area (Å²) in [4.78, 5) is 9.77. The molecule has 0 N–H and O–H groups in total. The van der Waals surface area contributed by atoms with E-state index in [-0.39, 0.29) is 0 Å². The first-order valence-corrected chi connectivity index (χ1v) is 10.2. The van der Waals surface area contributed by atoms with E-state index >= 15 is 0 Å². The zero-order valence-electron chi connectivity index (χ0n) is 17.0. The smallest absolute Gasteiger partial charge is 0.0555 e. The number of piperidine rings is 2. The average molecular weight is 344 g/mol. The highest BCUT2D eigenvalue weighted by molar-refractivity contribution is 5.46. The van der Waals surface area contributed by atoms with Crippen LogP contribution in [0.5, 0.6) is 0 Å². The fourth-order valence-electron chi connectivity index (χ4n) is 4.80. The molecule has 0 bridgehead atoms. The number of hydrogen-bond donors (Lipinski definition) is 0. The molecule has 0 saturated carbocycles. The van der Waals surface area contributed by atoms with Gasteiger partial charge in [0.05, 0.1) is 11.9 Å². The molecule has 2 fully saturated rings. The second kappa shape index (κ2) is 7.65. The van der Waals surface area contributed by atoms with Gasteiger partial charge in [-0.15, -0.1) is 0 Å². The Labute approximate surface area is 154 Å². The van der Waals surface area contributed by atoms with Crippen molar-refractivity contribution in [2.24, 2.45) is 17.3 Å².